The molecule has 0 aliphatic carbocycles. The molecule has 8 nitrogen and oxygen atoms in total. The van der Waals surface area contributed by atoms with Crippen LogP contribution in [0.1, 0.15) is 12.8 Å². The van der Waals surface area contributed by atoms with Crippen molar-refractivity contribution < 1.29 is 19.1 Å². The first kappa shape index (κ1) is 19.4. The lowest BCUT2D eigenvalue weighted by Gasteiger charge is -2.28. The van der Waals surface area contributed by atoms with Crippen LogP contribution in [0.25, 0.3) is 0 Å². The number of nitrogens with zero attached hydrogens (tertiary/aromatic N) is 3. The number of carbonyl (C=O) groups is 2. The summed E-state index contributed by atoms with van der Waals surface area (Å²) in [5, 5.41) is 2.95. The van der Waals surface area contributed by atoms with E-state index in [0.717, 1.165) is 26.0 Å². The van der Waals surface area contributed by atoms with Crippen LogP contribution in [-0.2, 0) is 9.53 Å². The minimum absolute atomic E-state index is 0.00881. The highest BCUT2D eigenvalue weighted by molar-refractivity contribution is 5.98. The highest BCUT2D eigenvalue weighted by Crippen LogP contribution is 2.33. The Morgan fingerprint density at radius 3 is 2.85 bits per heavy atom. The third-order valence-electron chi connectivity index (χ3n) is 4.85. The minimum atomic E-state index is -0.160. The van der Waals surface area contributed by atoms with Crippen LogP contribution in [0.15, 0.2) is 18.2 Å². The number of fused-ring (bicyclic) bond motifs is 1. The molecule has 0 radical (unpaired) electrons. The Balaban J connectivity index is 1.67. The number of anilines is 2. The molecule has 0 aromatic heterocycles. The van der Waals surface area contributed by atoms with Crippen LogP contribution >= 0.6 is 0 Å². The van der Waals surface area contributed by atoms with Crippen molar-refractivity contribution in [3.8, 4) is 5.75 Å². The molecule has 1 aromatic rings. The van der Waals surface area contributed by atoms with Gasteiger partial charge in [0.15, 0.2) is 6.61 Å². The van der Waals surface area contributed by atoms with Gasteiger partial charge in [0.2, 0.25) is 0 Å². The molecule has 148 valence electrons. The van der Waals surface area contributed by atoms with E-state index < -0.39 is 0 Å². The van der Waals surface area contributed by atoms with Gasteiger partial charge < -0.3 is 29.5 Å². The summed E-state index contributed by atoms with van der Waals surface area (Å²) in [5.41, 5.74) is 1.34. The number of hydrogen-bond donors (Lipinski definition) is 1. The highest BCUT2D eigenvalue weighted by atomic mass is 16.5. The summed E-state index contributed by atoms with van der Waals surface area (Å²) in [4.78, 5) is 30.0. The first-order valence-electron chi connectivity index (χ1n) is 9.29. The maximum atomic E-state index is 12.8. The average molecular weight is 376 g/mol. The maximum Gasteiger partial charge on any atom is 0.321 e. The van der Waals surface area contributed by atoms with Gasteiger partial charge in [-0.1, -0.05) is 0 Å². The molecule has 2 heterocycles. The van der Waals surface area contributed by atoms with E-state index in [-0.39, 0.29) is 24.6 Å². The van der Waals surface area contributed by atoms with Crippen LogP contribution in [0.5, 0.6) is 5.75 Å². The summed E-state index contributed by atoms with van der Waals surface area (Å²) < 4.78 is 11.2. The lowest BCUT2D eigenvalue weighted by molar-refractivity contribution is -0.120. The van der Waals surface area contributed by atoms with Gasteiger partial charge in [-0.25, -0.2) is 4.79 Å². The second kappa shape index (κ2) is 8.58. The average Bonchev–Trinajstić information content (AvgIpc) is 3.14. The standard InChI is InChI=1S/C19H28N4O4/c1-21(2)8-9-23(12-15-5-4-10-26-15)19(25)20-14-6-7-16-17(11-14)27-13-18(24)22(16)3/h6-7,11,15H,4-5,8-10,12-13H2,1-3H3,(H,20,25)/t15-/m0/s1. The highest BCUT2D eigenvalue weighted by Gasteiger charge is 2.25. The molecule has 3 rings (SSSR count). The van der Waals surface area contributed by atoms with Crippen LogP contribution in [0.2, 0.25) is 0 Å². The number of amides is 3. The monoisotopic (exact) mass is 376 g/mol. The predicted molar refractivity (Wildman–Crippen MR) is 103 cm³/mol. The number of nitrogens with one attached hydrogen (secondary N) is 1. The second-order valence-corrected chi connectivity index (χ2v) is 7.24. The van der Waals surface area contributed by atoms with E-state index in [0.29, 0.717) is 30.2 Å². The zero-order valence-corrected chi connectivity index (χ0v) is 16.2. The van der Waals surface area contributed by atoms with Crippen molar-refractivity contribution in [2.75, 3.05) is 64.2 Å². The Morgan fingerprint density at radius 2 is 2.15 bits per heavy atom. The molecular formula is C19H28N4O4. The zero-order valence-electron chi connectivity index (χ0n) is 16.2. The van der Waals surface area contributed by atoms with Crippen LogP contribution in [0.3, 0.4) is 0 Å². The fourth-order valence-corrected chi connectivity index (χ4v) is 3.19. The van der Waals surface area contributed by atoms with Gasteiger partial charge in [-0.15, -0.1) is 0 Å². The summed E-state index contributed by atoms with van der Waals surface area (Å²) in [6, 6.07) is 5.16. The van der Waals surface area contributed by atoms with E-state index in [9.17, 15) is 9.59 Å². The quantitative estimate of drug-likeness (QED) is 0.817. The van der Waals surface area contributed by atoms with Crippen LogP contribution in [0.4, 0.5) is 16.2 Å². The SMILES string of the molecule is CN(C)CCN(C[C@@H]1CCCO1)C(=O)Nc1ccc2c(c1)OCC(=O)N2C. The lowest BCUT2D eigenvalue weighted by Crippen LogP contribution is -2.43. The van der Waals surface area contributed by atoms with E-state index in [1.165, 1.54) is 0 Å². The Kier molecular flexibility index (Phi) is 6.18. The van der Waals surface area contributed by atoms with Gasteiger partial charge in [-0.05, 0) is 39.1 Å². The number of carbonyl (C=O) groups excluding carboxylic acids is 2. The normalized spacial score (nSPS) is 19.0. The molecule has 1 saturated heterocycles. The molecule has 0 saturated carbocycles. The maximum absolute atomic E-state index is 12.8. The first-order valence-corrected chi connectivity index (χ1v) is 9.29. The van der Waals surface area contributed by atoms with Crippen LogP contribution in [0, 0.1) is 0 Å². The van der Waals surface area contributed by atoms with E-state index >= 15 is 0 Å². The van der Waals surface area contributed by atoms with Crippen molar-refractivity contribution in [3.05, 3.63) is 18.2 Å². The number of ether oxygens (including phenoxy) is 2. The summed E-state index contributed by atoms with van der Waals surface area (Å²) in [6.45, 7) is 2.76. The van der Waals surface area contributed by atoms with Crippen molar-refractivity contribution >= 4 is 23.3 Å². The third-order valence-corrected chi connectivity index (χ3v) is 4.85. The summed E-state index contributed by atoms with van der Waals surface area (Å²) in [7, 11) is 5.69. The molecule has 1 atom stereocenters. The smallest absolute Gasteiger partial charge is 0.321 e. The molecule has 1 aromatic carbocycles. The van der Waals surface area contributed by atoms with Crippen molar-refractivity contribution in [3.63, 3.8) is 0 Å². The molecule has 2 aliphatic heterocycles. The second-order valence-electron chi connectivity index (χ2n) is 7.24. The Morgan fingerprint density at radius 1 is 1.33 bits per heavy atom. The van der Waals surface area contributed by atoms with Crippen LogP contribution in [-0.4, -0.2) is 81.8 Å². The van der Waals surface area contributed by atoms with Crippen molar-refractivity contribution in [1.82, 2.24) is 9.80 Å². The van der Waals surface area contributed by atoms with Gasteiger partial charge in [0.1, 0.15) is 5.75 Å². The number of likely N-dealkylation sites (N-methyl/N-ethyl adjacent to an activating group) is 2. The fraction of sp³-hybridized carbons (Fsp3) is 0.579. The number of hydrogen-bond acceptors (Lipinski definition) is 5. The molecule has 0 bridgehead atoms. The third kappa shape index (κ3) is 4.90. The van der Waals surface area contributed by atoms with Crippen LogP contribution < -0.4 is 15.0 Å². The largest absolute Gasteiger partial charge is 0.481 e. The van der Waals surface area contributed by atoms with E-state index in [2.05, 4.69) is 10.2 Å². The summed E-state index contributed by atoms with van der Waals surface area (Å²) >= 11 is 0. The summed E-state index contributed by atoms with van der Waals surface area (Å²) in [5.74, 6) is 0.500. The van der Waals surface area contributed by atoms with E-state index in [1.807, 2.05) is 14.1 Å². The predicted octanol–water partition coefficient (Wildman–Crippen LogP) is 1.62. The number of benzene rings is 1. The number of rotatable bonds is 6. The van der Waals surface area contributed by atoms with Gasteiger partial charge >= 0.3 is 6.03 Å². The van der Waals surface area contributed by atoms with Gasteiger partial charge in [0.05, 0.1) is 11.8 Å². The molecule has 0 spiro atoms. The molecule has 1 N–H and O–H groups in total. The topological polar surface area (TPSA) is 74.4 Å². The molecule has 27 heavy (non-hydrogen) atoms. The van der Waals surface area contributed by atoms with Crippen molar-refractivity contribution in [1.29, 1.82) is 0 Å². The molecule has 0 unspecified atom stereocenters. The van der Waals surface area contributed by atoms with Gasteiger partial charge in [-0.3, -0.25) is 4.79 Å². The summed E-state index contributed by atoms with van der Waals surface area (Å²) in [6.07, 6.45) is 2.13. The fourth-order valence-electron chi connectivity index (χ4n) is 3.19. The minimum Gasteiger partial charge on any atom is -0.481 e. The van der Waals surface area contributed by atoms with Gasteiger partial charge in [0, 0.05) is 45.0 Å². The van der Waals surface area contributed by atoms with E-state index in [1.54, 1.807) is 35.0 Å². The van der Waals surface area contributed by atoms with E-state index in [4.69, 9.17) is 9.47 Å². The van der Waals surface area contributed by atoms with Gasteiger partial charge in [-0.2, -0.15) is 0 Å². The van der Waals surface area contributed by atoms with Gasteiger partial charge in [0.25, 0.3) is 5.91 Å². The molecule has 1 fully saturated rings. The lowest BCUT2D eigenvalue weighted by atomic mass is 10.2. The molecule has 8 heteroatoms. The van der Waals surface area contributed by atoms with Crippen molar-refractivity contribution in [2.45, 2.75) is 18.9 Å². The molecular weight excluding hydrogens is 348 g/mol. The molecule has 3 amide bonds. The van der Waals surface area contributed by atoms with Crippen molar-refractivity contribution in [2.24, 2.45) is 0 Å². The Hall–Kier alpha value is -2.32. The molecule has 2 aliphatic rings. The first-order chi connectivity index (χ1) is 12.9. The number of urea groups is 1. The Bertz CT molecular complexity index is 688. The zero-order chi connectivity index (χ0) is 19.4. The Labute approximate surface area is 160 Å².